The third-order valence-electron chi connectivity index (χ3n) is 1.94. The van der Waals surface area contributed by atoms with Crippen LogP contribution in [0.2, 0.25) is 0 Å². The second kappa shape index (κ2) is 4.95. The summed E-state index contributed by atoms with van der Waals surface area (Å²) in [5.41, 5.74) is 1.64. The van der Waals surface area contributed by atoms with Crippen molar-refractivity contribution in [2.75, 3.05) is 13.4 Å². The number of H-pyrrole nitrogens is 1. The van der Waals surface area contributed by atoms with Gasteiger partial charge in [-0.3, -0.25) is 4.98 Å². The maximum absolute atomic E-state index is 11.2. The second-order valence-corrected chi connectivity index (χ2v) is 4.17. The molecule has 1 N–H and O–H groups in total. The minimum atomic E-state index is -1.08. The summed E-state index contributed by atoms with van der Waals surface area (Å²) < 4.78 is 16.2. The number of imidazole rings is 1. The van der Waals surface area contributed by atoms with Gasteiger partial charge in [0, 0.05) is 17.2 Å². The van der Waals surface area contributed by atoms with E-state index in [0.717, 1.165) is 16.8 Å². The molecule has 2 rings (SSSR count). The Morgan fingerprint density at radius 3 is 2.80 bits per heavy atom. The van der Waals surface area contributed by atoms with Crippen molar-refractivity contribution in [3.63, 3.8) is 0 Å². The van der Waals surface area contributed by atoms with Gasteiger partial charge < -0.3 is 9.29 Å². The Bertz CT molecular complexity index is 458. The molecule has 0 spiro atoms. The summed E-state index contributed by atoms with van der Waals surface area (Å²) in [5, 5.41) is 0.494. The summed E-state index contributed by atoms with van der Waals surface area (Å²) in [5.74, 6) is 0.748. The first kappa shape index (κ1) is 12.5. The van der Waals surface area contributed by atoms with Crippen LogP contribution < -0.4 is 4.74 Å². The van der Waals surface area contributed by atoms with Crippen molar-refractivity contribution in [2.45, 2.75) is 5.16 Å². The molecule has 1 atom stereocenters. The van der Waals surface area contributed by atoms with Gasteiger partial charge in [-0.2, -0.15) is 4.98 Å². The van der Waals surface area contributed by atoms with Gasteiger partial charge in [0.05, 0.1) is 18.1 Å². The zero-order valence-corrected chi connectivity index (χ0v) is 8.72. The fraction of sp³-hybridized carbons (Fsp3) is 0.222. The molecule has 6 heteroatoms. The molecular weight excluding hydrogens is 207 g/mol. The molecule has 0 aliphatic rings. The van der Waals surface area contributed by atoms with Gasteiger partial charge in [-0.1, -0.05) is 0 Å². The zero-order valence-electron chi connectivity index (χ0n) is 7.90. The monoisotopic (exact) mass is 218 g/mol. The van der Waals surface area contributed by atoms with Gasteiger partial charge in [0.1, 0.15) is 12.0 Å². The van der Waals surface area contributed by atoms with Crippen LogP contribution in [0, 0.1) is 0 Å². The van der Waals surface area contributed by atoms with Gasteiger partial charge in [0.2, 0.25) is 0 Å². The Labute approximate surface area is 103 Å². The molecule has 0 aliphatic heterocycles. The normalized spacial score (nSPS) is 12.2. The molecule has 1 aromatic heterocycles. The summed E-state index contributed by atoms with van der Waals surface area (Å²) in [6.45, 7) is 0. The molecular formula is C9H11LiN2O2S. The summed E-state index contributed by atoms with van der Waals surface area (Å²) in [4.78, 5) is 7.16. The van der Waals surface area contributed by atoms with E-state index < -0.39 is 11.2 Å². The van der Waals surface area contributed by atoms with Crippen LogP contribution >= 0.6 is 0 Å². The van der Waals surface area contributed by atoms with Crippen molar-refractivity contribution in [1.82, 2.24) is 9.97 Å². The maximum atomic E-state index is 11.2. The number of benzene rings is 1. The molecule has 76 valence electrons. The SMILES string of the molecule is COc1ccc2[nH]c([S+](C)[O-])nc2c1.[LiH]. The number of rotatable bonds is 2. The van der Waals surface area contributed by atoms with E-state index in [1.807, 2.05) is 18.2 Å². The van der Waals surface area contributed by atoms with E-state index in [1.165, 1.54) is 0 Å². The number of ether oxygens (including phenoxy) is 1. The van der Waals surface area contributed by atoms with E-state index in [4.69, 9.17) is 4.74 Å². The van der Waals surface area contributed by atoms with E-state index >= 15 is 0 Å². The van der Waals surface area contributed by atoms with Crippen molar-refractivity contribution >= 4 is 41.1 Å². The molecule has 15 heavy (non-hydrogen) atoms. The number of nitrogens with one attached hydrogen (secondary N) is 1. The van der Waals surface area contributed by atoms with Crippen LogP contribution in [-0.4, -0.2) is 46.7 Å². The number of nitrogens with zero attached hydrogens (tertiary/aromatic N) is 1. The van der Waals surface area contributed by atoms with Crippen LogP contribution in [0.1, 0.15) is 0 Å². The first-order chi connectivity index (χ1) is 6.70. The predicted octanol–water partition coefficient (Wildman–Crippen LogP) is 0.660. The quantitative estimate of drug-likeness (QED) is 0.595. The van der Waals surface area contributed by atoms with E-state index in [2.05, 4.69) is 9.97 Å². The Balaban J connectivity index is 0.00000112. The zero-order chi connectivity index (χ0) is 10.1. The molecule has 0 aliphatic carbocycles. The van der Waals surface area contributed by atoms with Crippen LogP contribution in [0.3, 0.4) is 0 Å². The Morgan fingerprint density at radius 2 is 2.20 bits per heavy atom. The first-order valence-corrected chi connectivity index (χ1v) is 5.63. The molecule has 0 fully saturated rings. The summed E-state index contributed by atoms with van der Waals surface area (Å²) in [6, 6.07) is 5.50. The van der Waals surface area contributed by atoms with Crippen molar-refractivity contribution < 1.29 is 9.29 Å². The van der Waals surface area contributed by atoms with Gasteiger partial charge in [-0.15, -0.1) is 0 Å². The molecule has 1 aromatic carbocycles. The molecule has 1 heterocycles. The van der Waals surface area contributed by atoms with Gasteiger partial charge in [0.25, 0.3) is 0 Å². The van der Waals surface area contributed by atoms with Crippen molar-refractivity contribution in [2.24, 2.45) is 0 Å². The molecule has 4 nitrogen and oxygen atoms in total. The molecule has 2 aromatic rings. The fourth-order valence-electron chi connectivity index (χ4n) is 1.23. The molecule has 0 bridgehead atoms. The van der Waals surface area contributed by atoms with E-state index in [0.29, 0.717) is 5.16 Å². The standard InChI is InChI=1S/C9H10N2O2S.Li.H/c1-13-6-3-4-7-8(5-6)11-9(10-7)14(2)12;;/h3-5H,1-2H3,(H,10,11);;. The van der Waals surface area contributed by atoms with Crippen LogP contribution in [-0.2, 0) is 11.2 Å². The van der Waals surface area contributed by atoms with Gasteiger partial charge in [0.15, 0.2) is 0 Å². The van der Waals surface area contributed by atoms with Crippen LogP contribution in [0.15, 0.2) is 23.4 Å². The van der Waals surface area contributed by atoms with Crippen LogP contribution in [0.4, 0.5) is 0 Å². The summed E-state index contributed by atoms with van der Waals surface area (Å²) >= 11 is -1.08. The molecule has 1 unspecified atom stereocenters. The number of aromatic nitrogens is 2. The van der Waals surface area contributed by atoms with Crippen LogP contribution in [0.5, 0.6) is 5.75 Å². The third kappa shape index (κ3) is 2.50. The minimum absolute atomic E-state index is 0. The average molecular weight is 218 g/mol. The third-order valence-corrected chi connectivity index (χ3v) is 2.68. The Kier molecular flexibility index (Phi) is 4.11. The predicted molar refractivity (Wildman–Crippen MR) is 62.1 cm³/mol. The van der Waals surface area contributed by atoms with E-state index in [-0.39, 0.29) is 18.9 Å². The number of hydrogen-bond acceptors (Lipinski definition) is 3. The van der Waals surface area contributed by atoms with Crippen molar-refractivity contribution in [3.05, 3.63) is 18.2 Å². The molecule has 0 saturated heterocycles. The van der Waals surface area contributed by atoms with Gasteiger partial charge in [-0.25, -0.2) is 0 Å². The number of methoxy groups -OCH3 is 1. The molecule has 0 radical (unpaired) electrons. The molecule has 0 saturated carbocycles. The van der Waals surface area contributed by atoms with Crippen LogP contribution in [0.25, 0.3) is 11.0 Å². The average Bonchev–Trinajstić information content (AvgIpc) is 2.59. The van der Waals surface area contributed by atoms with E-state index in [1.54, 1.807) is 13.4 Å². The number of hydrogen-bond donors (Lipinski definition) is 1. The fourth-order valence-corrected chi connectivity index (χ4v) is 1.71. The van der Waals surface area contributed by atoms with Gasteiger partial charge in [-0.05, 0) is 12.1 Å². The topological polar surface area (TPSA) is 61.0 Å². The number of fused-ring (bicyclic) bond motifs is 1. The Hall–Kier alpha value is -0.603. The second-order valence-electron chi connectivity index (χ2n) is 2.88. The Morgan fingerprint density at radius 1 is 1.47 bits per heavy atom. The van der Waals surface area contributed by atoms with E-state index in [9.17, 15) is 4.55 Å². The van der Waals surface area contributed by atoms with Gasteiger partial charge >= 0.3 is 24.0 Å². The first-order valence-electron chi connectivity index (χ1n) is 4.08. The number of aromatic amines is 1. The van der Waals surface area contributed by atoms with Crippen molar-refractivity contribution in [1.29, 1.82) is 0 Å². The van der Waals surface area contributed by atoms with Crippen molar-refractivity contribution in [3.8, 4) is 5.75 Å². The summed E-state index contributed by atoms with van der Waals surface area (Å²) in [7, 11) is 1.60. The summed E-state index contributed by atoms with van der Waals surface area (Å²) in [6.07, 6.45) is 1.59. The molecule has 0 amide bonds.